The topological polar surface area (TPSA) is 29.5 Å². The van der Waals surface area contributed by atoms with Gasteiger partial charge in [0.1, 0.15) is 0 Å². The lowest BCUT2D eigenvalue weighted by Crippen LogP contribution is -2.34. The molecule has 0 radical (unpaired) electrons. The molecule has 1 aromatic carbocycles. The highest BCUT2D eigenvalue weighted by Gasteiger charge is 2.54. The fourth-order valence-corrected chi connectivity index (χ4v) is 3.05. The van der Waals surface area contributed by atoms with E-state index in [0.29, 0.717) is 6.61 Å². The van der Waals surface area contributed by atoms with Crippen molar-refractivity contribution in [2.24, 2.45) is 11.3 Å². The predicted octanol–water partition coefficient (Wildman–Crippen LogP) is 1.53. The number of ether oxygens (including phenoxy) is 1. The molecule has 0 aromatic heterocycles. The zero-order chi connectivity index (χ0) is 13.3. The van der Waals surface area contributed by atoms with Crippen molar-refractivity contribution < 1.29 is 9.53 Å². The summed E-state index contributed by atoms with van der Waals surface area (Å²) in [6.45, 7) is 2.14. The number of cyclic esters (lactones) is 1. The lowest BCUT2D eigenvalue weighted by molar-refractivity contribution is -0.146. The average Bonchev–Trinajstić information content (AvgIpc) is 2.93. The Labute approximate surface area is 113 Å². The molecule has 2 aliphatic heterocycles. The third-order valence-corrected chi connectivity index (χ3v) is 4.07. The average molecular weight is 255 g/mol. The first-order valence-corrected chi connectivity index (χ1v) is 6.63. The number of rotatable bonds is 0. The predicted molar refractivity (Wildman–Crippen MR) is 72.3 cm³/mol. The van der Waals surface area contributed by atoms with Gasteiger partial charge in [0.15, 0.2) is 0 Å². The summed E-state index contributed by atoms with van der Waals surface area (Å²) in [7, 11) is 2.04. The maximum Gasteiger partial charge on any atom is 0.314 e. The molecule has 3 rings (SSSR count). The molecule has 0 amide bonds. The van der Waals surface area contributed by atoms with E-state index in [4.69, 9.17) is 4.74 Å². The number of likely N-dealkylation sites (tertiary alicyclic amines) is 1. The third kappa shape index (κ3) is 2.13. The van der Waals surface area contributed by atoms with Crippen LogP contribution in [0.5, 0.6) is 0 Å². The Morgan fingerprint density at radius 2 is 2.16 bits per heavy atom. The molecule has 0 aliphatic carbocycles. The van der Waals surface area contributed by atoms with Crippen LogP contribution in [0.4, 0.5) is 0 Å². The number of carbonyl (C=O) groups excluding carboxylic acids is 1. The number of hydrogen-bond donors (Lipinski definition) is 0. The van der Waals surface area contributed by atoms with Crippen molar-refractivity contribution in [3.05, 3.63) is 35.9 Å². The van der Waals surface area contributed by atoms with Gasteiger partial charge in [0.25, 0.3) is 0 Å². The van der Waals surface area contributed by atoms with Gasteiger partial charge in [-0.1, -0.05) is 30.0 Å². The van der Waals surface area contributed by atoms with Crippen LogP contribution in [0.3, 0.4) is 0 Å². The summed E-state index contributed by atoms with van der Waals surface area (Å²) in [5.74, 6) is 6.50. The van der Waals surface area contributed by atoms with E-state index in [9.17, 15) is 4.79 Å². The molecule has 3 heteroatoms. The van der Waals surface area contributed by atoms with E-state index in [-0.39, 0.29) is 11.9 Å². The quantitative estimate of drug-likeness (QED) is 0.520. The van der Waals surface area contributed by atoms with Crippen molar-refractivity contribution >= 4 is 5.97 Å². The van der Waals surface area contributed by atoms with E-state index in [1.165, 1.54) is 0 Å². The highest BCUT2D eigenvalue weighted by Crippen LogP contribution is 2.43. The van der Waals surface area contributed by atoms with Crippen LogP contribution in [-0.4, -0.2) is 37.6 Å². The zero-order valence-corrected chi connectivity index (χ0v) is 11.1. The fraction of sp³-hybridized carbons (Fsp3) is 0.438. The molecule has 1 spiro atoms. The number of nitrogens with zero attached hydrogens (tertiary/aromatic N) is 1. The van der Waals surface area contributed by atoms with Crippen LogP contribution in [0, 0.1) is 23.2 Å². The van der Waals surface area contributed by atoms with E-state index in [2.05, 4.69) is 16.7 Å². The monoisotopic (exact) mass is 255 g/mol. The Hall–Kier alpha value is -1.79. The van der Waals surface area contributed by atoms with Crippen molar-refractivity contribution in [1.29, 1.82) is 0 Å². The lowest BCUT2D eigenvalue weighted by atomic mass is 9.77. The molecular weight excluding hydrogens is 238 g/mol. The smallest absolute Gasteiger partial charge is 0.314 e. The summed E-state index contributed by atoms with van der Waals surface area (Å²) < 4.78 is 5.19. The largest absolute Gasteiger partial charge is 0.465 e. The van der Waals surface area contributed by atoms with Gasteiger partial charge < -0.3 is 9.64 Å². The Morgan fingerprint density at radius 3 is 2.84 bits per heavy atom. The van der Waals surface area contributed by atoms with Gasteiger partial charge in [0.05, 0.1) is 17.9 Å². The van der Waals surface area contributed by atoms with E-state index in [0.717, 1.165) is 25.1 Å². The Bertz CT molecular complexity index is 543. The van der Waals surface area contributed by atoms with Crippen LogP contribution >= 0.6 is 0 Å². The first kappa shape index (κ1) is 12.3. The van der Waals surface area contributed by atoms with E-state index in [1.54, 1.807) is 0 Å². The lowest BCUT2D eigenvalue weighted by Gasteiger charge is -2.21. The highest BCUT2D eigenvalue weighted by molar-refractivity contribution is 5.80. The van der Waals surface area contributed by atoms with Crippen molar-refractivity contribution in [1.82, 2.24) is 4.90 Å². The number of esters is 1. The second-order valence-corrected chi connectivity index (χ2v) is 5.43. The van der Waals surface area contributed by atoms with Crippen LogP contribution in [0.2, 0.25) is 0 Å². The summed E-state index contributed by atoms with van der Waals surface area (Å²) in [6, 6.07) is 9.91. The molecule has 0 bridgehead atoms. The van der Waals surface area contributed by atoms with Gasteiger partial charge in [-0.2, -0.15) is 0 Å². The molecule has 19 heavy (non-hydrogen) atoms. The molecule has 1 aromatic rings. The van der Waals surface area contributed by atoms with Crippen molar-refractivity contribution in [3.63, 3.8) is 0 Å². The first-order chi connectivity index (χ1) is 9.21. The third-order valence-electron chi connectivity index (χ3n) is 4.07. The normalized spacial score (nSPS) is 30.2. The molecule has 98 valence electrons. The summed E-state index contributed by atoms with van der Waals surface area (Å²) in [5.41, 5.74) is 0.606. The fourth-order valence-electron chi connectivity index (χ4n) is 3.05. The number of hydrogen-bond acceptors (Lipinski definition) is 3. The van der Waals surface area contributed by atoms with Crippen LogP contribution < -0.4 is 0 Å². The summed E-state index contributed by atoms with van der Waals surface area (Å²) in [4.78, 5) is 14.2. The summed E-state index contributed by atoms with van der Waals surface area (Å²) in [5, 5.41) is 0. The van der Waals surface area contributed by atoms with E-state index < -0.39 is 5.41 Å². The molecule has 0 N–H and O–H groups in total. The Morgan fingerprint density at radius 1 is 1.37 bits per heavy atom. The van der Waals surface area contributed by atoms with Gasteiger partial charge in [0, 0.05) is 25.1 Å². The summed E-state index contributed by atoms with van der Waals surface area (Å²) >= 11 is 0. The van der Waals surface area contributed by atoms with Gasteiger partial charge in [0.2, 0.25) is 0 Å². The van der Waals surface area contributed by atoms with Crippen LogP contribution in [0.25, 0.3) is 0 Å². The van der Waals surface area contributed by atoms with Gasteiger partial charge in [-0.05, 0) is 19.2 Å². The summed E-state index contributed by atoms with van der Waals surface area (Å²) in [6.07, 6.45) is 0.796. The molecule has 0 saturated carbocycles. The van der Waals surface area contributed by atoms with Crippen LogP contribution in [-0.2, 0) is 9.53 Å². The minimum Gasteiger partial charge on any atom is -0.465 e. The number of carbonyl (C=O) groups is 1. The minimum atomic E-state index is -0.392. The van der Waals surface area contributed by atoms with Gasteiger partial charge in [-0.3, -0.25) is 4.79 Å². The Balaban J connectivity index is 1.88. The molecule has 3 nitrogen and oxygen atoms in total. The van der Waals surface area contributed by atoms with Crippen molar-refractivity contribution in [2.75, 3.05) is 26.7 Å². The first-order valence-electron chi connectivity index (χ1n) is 6.63. The molecule has 2 heterocycles. The second kappa shape index (κ2) is 4.71. The molecule has 2 atom stereocenters. The number of benzene rings is 1. The zero-order valence-electron chi connectivity index (χ0n) is 11.1. The van der Waals surface area contributed by atoms with E-state index in [1.807, 2.05) is 37.4 Å². The maximum absolute atomic E-state index is 12.0. The highest BCUT2D eigenvalue weighted by atomic mass is 16.5. The SMILES string of the molecule is CN1C[C@H](C#Cc2ccccc2)[C@@]2(CCOC2=O)C1. The second-order valence-electron chi connectivity index (χ2n) is 5.43. The van der Waals surface area contributed by atoms with Crippen molar-refractivity contribution in [3.8, 4) is 11.8 Å². The molecule has 2 aliphatic rings. The van der Waals surface area contributed by atoms with E-state index >= 15 is 0 Å². The van der Waals surface area contributed by atoms with Gasteiger partial charge in [-0.15, -0.1) is 0 Å². The van der Waals surface area contributed by atoms with Crippen molar-refractivity contribution in [2.45, 2.75) is 6.42 Å². The van der Waals surface area contributed by atoms with Crippen LogP contribution in [0.1, 0.15) is 12.0 Å². The molecule has 2 fully saturated rings. The van der Waals surface area contributed by atoms with Gasteiger partial charge >= 0.3 is 5.97 Å². The minimum absolute atomic E-state index is 0.0655. The molecule has 0 unspecified atom stereocenters. The Kier molecular flexibility index (Phi) is 3.04. The van der Waals surface area contributed by atoms with Gasteiger partial charge in [-0.25, -0.2) is 0 Å². The molecule has 2 saturated heterocycles. The maximum atomic E-state index is 12.0. The van der Waals surface area contributed by atoms with Crippen LogP contribution in [0.15, 0.2) is 30.3 Å². The molecular formula is C16H17NO2. The standard InChI is InChI=1S/C16H17NO2/c1-17-11-14(8-7-13-5-3-2-4-6-13)16(12-17)9-10-19-15(16)18/h2-6,14H,9-12H2,1H3/t14-,16+/m0/s1.